The zero-order valence-electron chi connectivity index (χ0n) is 19.8. The Labute approximate surface area is 197 Å². The van der Waals surface area contributed by atoms with Crippen LogP contribution in [0.3, 0.4) is 0 Å². The van der Waals surface area contributed by atoms with Crippen LogP contribution in [0.15, 0.2) is 65.6 Å². The molecule has 0 atom stereocenters. The second-order valence-electron chi connectivity index (χ2n) is 8.47. The zero-order chi connectivity index (χ0) is 23.8. The third-order valence-electron chi connectivity index (χ3n) is 6.05. The van der Waals surface area contributed by atoms with Gasteiger partial charge in [-0.2, -0.15) is 0 Å². The molecule has 6 heteroatoms. The van der Waals surface area contributed by atoms with Crippen molar-refractivity contribution < 1.29 is 13.2 Å². The Bertz CT molecular complexity index is 1200. The quantitative estimate of drug-likeness (QED) is 0.367. The van der Waals surface area contributed by atoms with Gasteiger partial charge in [-0.25, -0.2) is 8.42 Å². The van der Waals surface area contributed by atoms with Crippen molar-refractivity contribution in [3.63, 3.8) is 0 Å². The van der Waals surface area contributed by atoms with Gasteiger partial charge in [0, 0.05) is 11.9 Å². The number of hydrogen-bond acceptors (Lipinski definition) is 3. The molecule has 3 rings (SSSR count). The topological polar surface area (TPSA) is 66.5 Å². The van der Waals surface area contributed by atoms with Crippen LogP contribution in [0.1, 0.15) is 50.2 Å². The fourth-order valence-corrected chi connectivity index (χ4v) is 5.68. The second-order valence-corrected chi connectivity index (χ2v) is 10.3. The molecule has 0 aliphatic carbocycles. The van der Waals surface area contributed by atoms with Crippen LogP contribution in [0.2, 0.25) is 0 Å². The first-order chi connectivity index (χ1) is 15.9. The molecule has 0 aromatic heterocycles. The van der Waals surface area contributed by atoms with Gasteiger partial charge in [0.05, 0.1) is 10.6 Å². The summed E-state index contributed by atoms with van der Waals surface area (Å²) in [4.78, 5) is 13.0. The monoisotopic (exact) mass is 466 g/mol. The maximum absolute atomic E-state index is 13.9. The lowest BCUT2D eigenvalue weighted by Crippen LogP contribution is -2.41. The minimum Gasteiger partial charge on any atom is -0.355 e. The fourth-order valence-electron chi connectivity index (χ4n) is 3.99. The number of benzene rings is 3. The van der Waals surface area contributed by atoms with Crippen LogP contribution in [0.4, 0.5) is 5.69 Å². The van der Waals surface area contributed by atoms with E-state index in [-0.39, 0.29) is 17.3 Å². The van der Waals surface area contributed by atoms with Crippen molar-refractivity contribution >= 4 is 32.4 Å². The molecule has 176 valence electrons. The summed E-state index contributed by atoms with van der Waals surface area (Å²) >= 11 is 0. The Hall–Kier alpha value is -2.86. The Morgan fingerprint density at radius 1 is 0.879 bits per heavy atom. The van der Waals surface area contributed by atoms with Crippen LogP contribution in [-0.4, -0.2) is 27.4 Å². The first kappa shape index (κ1) is 24.8. The zero-order valence-corrected chi connectivity index (χ0v) is 20.6. The smallest absolute Gasteiger partial charge is 0.265 e. The van der Waals surface area contributed by atoms with E-state index in [1.54, 1.807) is 24.3 Å². The summed E-state index contributed by atoms with van der Waals surface area (Å²) in [6, 6.07) is 18.2. The average molecular weight is 467 g/mol. The average Bonchev–Trinajstić information content (AvgIpc) is 2.81. The first-order valence-electron chi connectivity index (χ1n) is 11.7. The first-order valence-corrected chi connectivity index (χ1v) is 13.1. The number of rotatable bonds is 11. The van der Waals surface area contributed by atoms with Crippen LogP contribution in [0, 0.1) is 13.8 Å². The predicted molar refractivity (Wildman–Crippen MR) is 136 cm³/mol. The van der Waals surface area contributed by atoms with Gasteiger partial charge in [-0.3, -0.25) is 9.10 Å². The van der Waals surface area contributed by atoms with Gasteiger partial charge in [-0.15, -0.1) is 0 Å². The summed E-state index contributed by atoms with van der Waals surface area (Å²) < 4.78 is 29.1. The van der Waals surface area contributed by atoms with E-state index >= 15 is 0 Å². The Morgan fingerprint density at radius 3 is 2.36 bits per heavy atom. The standard InChI is InChI=1S/C27H34N2O3S/c1-4-5-6-7-10-19-28-27(30)20-29(25-17-11-13-21(2)22(25)3)33(31,32)26-18-12-15-23-14-8-9-16-24(23)26/h8-9,11-18H,4-7,10,19-20H2,1-3H3,(H,28,30). The van der Waals surface area contributed by atoms with Crippen molar-refractivity contribution in [3.8, 4) is 0 Å². The van der Waals surface area contributed by atoms with Crippen molar-refractivity contribution in [1.29, 1.82) is 0 Å². The minimum atomic E-state index is -3.99. The number of nitrogens with one attached hydrogen (secondary N) is 1. The van der Waals surface area contributed by atoms with Crippen LogP contribution in [0.5, 0.6) is 0 Å². The van der Waals surface area contributed by atoms with Gasteiger partial charge in [-0.05, 0) is 48.9 Å². The third kappa shape index (κ3) is 5.93. The number of nitrogens with zero attached hydrogens (tertiary/aromatic N) is 1. The lowest BCUT2D eigenvalue weighted by Gasteiger charge is -2.27. The molecule has 0 aliphatic heterocycles. The highest BCUT2D eigenvalue weighted by Gasteiger charge is 2.29. The van der Waals surface area contributed by atoms with E-state index < -0.39 is 10.0 Å². The molecule has 3 aromatic carbocycles. The molecule has 0 heterocycles. The number of unbranched alkanes of at least 4 members (excludes halogenated alkanes) is 4. The van der Waals surface area contributed by atoms with E-state index in [1.165, 1.54) is 17.1 Å². The van der Waals surface area contributed by atoms with Crippen molar-refractivity contribution in [2.45, 2.75) is 57.8 Å². The summed E-state index contributed by atoms with van der Waals surface area (Å²) in [5.74, 6) is -0.296. The summed E-state index contributed by atoms with van der Waals surface area (Å²) in [5.41, 5.74) is 2.34. The number of carbonyl (C=O) groups excluding carboxylic acids is 1. The molecule has 0 bridgehead atoms. The number of aryl methyl sites for hydroxylation is 1. The molecular formula is C27H34N2O3S. The molecule has 0 unspecified atom stereocenters. The van der Waals surface area contributed by atoms with Crippen LogP contribution >= 0.6 is 0 Å². The van der Waals surface area contributed by atoms with Crippen molar-refractivity contribution in [2.24, 2.45) is 0 Å². The number of fused-ring (bicyclic) bond motifs is 1. The molecule has 0 spiro atoms. The number of anilines is 1. The van der Waals surface area contributed by atoms with E-state index in [0.29, 0.717) is 17.6 Å². The highest BCUT2D eigenvalue weighted by atomic mass is 32.2. The number of hydrogen-bond donors (Lipinski definition) is 1. The van der Waals surface area contributed by atoms with E-state index in [1.807, 2.05) is 50.2 Å². The van der Waals surface area contributed by atoms with E-state index in [0.717, 1.165) is 35.8 Å². The van der Waals surface area contributed by atoms with Gasteiger partial charge < -0.3 is 5.32 Å². The molecule has 0 aliphatic rings. The summed E-state index contributed by atoms with van der Waals surface area (Å²) in [6.07, 6.45) is 5.46. The van der Waals surface area contributed by atoms with Crippen LogP contribution in [-0.2, 0) is 14.8 Å². The van der Waals surface area contributed by atoms with Gasteiger partial charge in [0.25, 0.3) is 10.0 Å². The lowest BCUT2D eigenvalue weighted by molar-refractivity contribution is -0.119. The van der Waals surface area contributed by atoms with Gasteiger partial charge in [0.2, 0.25) is 5.91 Å². The number of carbonyl (C=O) groups is 1. The Kier molecular flexibility index (Phi) is 8.50. The highest BCUT2D eigenvalue weighted by molar-refractivity contribution is 7.93. The minimum absolute atomic E-state index is 0.203. The maximum Gasteiger partial charge on any atom is 0.265 e. The molecule has 0 radical (unpaired) electrons. The largest absolute Gasteiger partial charge is 0.355 e. The highest BCUT2D eigenvalue weighted by Crippen LogP contribution is 2.31. The fraction of sp³-hybridized carbons (Fsp3) is 0.370. The summed E-state index contributed by atoms with van der Waals surface area (Å²) in [5, 5.41) is 4.40. The second kappa shape index (κ2) is 11.3. The Morgan fingerprint density at radius 2 is 1.58 bits per heavy atom. The molecule has 0 saturated heterocycles. The molecule has 33 heavy (non-hydrogen) atoms. The number of sulfonamides is 1. The van der Waals surface area contributed by atoms with Gasteiger partial charge in [0.1, 0.15) is 6.54 Å². The van der Waals surface area contributed by atoms with Crippen molar-refractivity contribution in [1.82, 2.24) is 5.32 Å². The Balaban J connectivity index is 1.92. The number of amides is 1. The van der Waals surface area contributed by atoms with E-state index in [2.05, 4.69) is 12.2 Å². The molecule has 0 fully saturated rings. The normalized spacial score (nSPS) is 11.5. The molecule has 5 nitrogen and oxygen atoms in total. The lowest BCUT2D eigenvalue weighted by atomic mass is 10.1. The van der Waals surface area contributed by atoms with Crippen molar-refractivity contribution in [2.75, 3.05) is 17.4 Å². The van der Waals surface area contributed by atoms with Gasteiger partial charge >= 0.3 is 0 Å². The molecule has 1 N–H and O–H groups in total. The molecule has 3 aromatic rings. The molecule has 1 amide bonds. The van der Waals surface area contributed by atoms with Gasteiger partial charge in [-0.1, -0.05) is 81.1 Å². The van der Waals surface area contributed by atoms with Crippen LogP contribution in [0.25, 0.3) is 10.8 Å². The van der Waals surface area contributed by atoms with E-state index in [9.17, 15) is 13.2 Å². The predicted octanol–water partition coefficient (Wildman–Crippen LogP) is 5.74. The van der Waals surface area contributed by atoms with Crippen LogP contribution < -0.4 is 9.62 Å². The summed E-state index contributed by atoms with van der Waals surface area (Å²) in [7, 11) is -3.99. The maximum atomic E-state index is 13.9. The molecular weight excluding hydrogens is 432 g/mol. The third-order valence-corrected chi connectivity index (χ3v) is 7.87. The SMILES string of the molecule is CCCCCCCNC(=O)CN(c1cccc(C)c1C)S(=O)(=O)c1cccc2ccccc12. The van der Waals surface area contributed by atoms with Crippen molar-refractivity contribution in [3.05, 3.63) is 71.8 Å². The summed E-state index contributed by atoms with van der Waals surface area (Å²) in [6.45, 7) is 6.29. The van der Waals surface area contributed by atoms with Gasteiger partial charge in [0.15, 0.2) is 0 Å². The van der Waals surface area contributed by atoms with E-state index in [4.69, 9.17) is 0 Å². The molecule has 0 saturated carbocycles.